The number of ether oxygens (including phenoxy) is 1. The molecule has 7 nitrogen and oxygen atoms in total. The molecule has 1 aliphatic rings. The van der Waals surface area contributed by atoms with Crippen molar-refractivity contribution >= 4 is 22.8 Å². The van der Waals surface area contributed by atoms with Gasteiger partial charge in [0, 0.05) is 17.3 Å². The van der Waals surface area contributed by atoms with Crippen molar-refractivity contribution in [1.29, 1.82) is 0 Å². The van der Waals surface area contributed by atoms with Crippen molar-refractivity contribution < 1.29 is 9.13 Å². The maximum Gasteiger partial charge on any atom is 0.234 e. The second kappa shape index (κ2) is 7.63. The van der Waals surface area contributed by atoms with E-state index in [1.54, 1.807) is 0 Å². The molecule has 0 saturated heterocycles. The first-order chi connectivity index (χ1) is 13.6. The van der Waals surface area contributed by atoms with Gasteiger partial charge < -0.3 is 21.5 Å². The van der Waals surface area contributed by atoms with Gasteiger partial charge >= 0.3 is 0 Å². The molecule has 8 heteroatoms. The first-order valence-corrected chi connectivity index (χ1v) is 9.65. The van der Waals surface area contributed by atoms with Gasteiger partial charge in [0.2, 0.25) is 5.95 Å². The second-order valence-electron chi connectivity index (χ2n) is 7.18. The molecule has 0 spiro atoms. The van der Waals surface area contributed by atoms with E-state index in [1.165, 1.54) is 0 Å². The topological polar surface area (TPSA) is 103 Å². The number of nitrogens with two attached hydrogens (primary N) is 2. The zero-order chi connectivity index (χ0) is 19.7. The van der Waals surface area contributed by atoms with Crippen LogP contribution < -0.4 is 21.5 Å². The molecule has 3 aromatic rings. The molecule has 0 unspecified atom stereocenters. The van der Waals surface area contributed by atoms with Gasteiger partial charge in [0.05, 0.1) is 18.5 Å². The van der Waals surface area contributed by atoms with Crippen LogP contribution in [0.1, 0.15) is 44.1 Å². The summed E-state index contributed by atoms with van der Waals surface area (Å²) in [6.45, 7) is 2.55. The largest absolute Gasteiger partial charge is 0.494 e. The second-order valence-corrected chi connectivity index (χ2v) is 7.18. The summed E-state index contributed by atoms with van der Waals surface area (Å²) in [6, 6.07) is 7.83. The van der Waals surface area contributed by atoms with Gasteiger partial charge in [0.25, 0.3) is 0 Å². The number of nitrogen functional groups attached to an aromatic ring is 1. The molecule has 1 aliphatic carbocycles. The molecule has 0 atom stereocenters. The predicted molar refractivity (Wildman–Crippen MR) is 107 cm³/mol. The Hall–Kier alpha value is -2.87. The number of anilines is 3. The third-order valence-electron chi connectivity index (χ3n) is 5.29. The van der Waals surface area contributed by atoms with Gasteiger partial charge in [-0.25, -0.2) is 4.98 Å². The van der Waals surface area contributed by atoms with Crippen molar-refractivity contribution in [3.05, 3.63) is 42.0 Å². The van der Waals surface area contributed by atoms with Gasteiger partial charge in [-0.3, -0.25) is 0 Å². The highest BCUT2D eigenvalue weighted by atomic mass is 19.1. The fraction of sp³-hybridized carbons (Fsp3) is 0.400. The number of hydrogen-bond acceptors (Lipinski definition) is 6. The fourth-order valence-electron chi connectivity index (χ4n) is 3.89. The van der Waals surface area contributed by atoms with Crippen LogP contribution in [0, 0.1) is 5.95 Å². The van der Waals surface area contributed by atoms with Gasteiger partial charge in [-0.2, -0.15) is 8.91 Å². The number of aromatic nitrogens is 3. The fourth-order valence-corrected chi connectivity index (χ4v) is 3.89. The van der Waals surface area contributed by atoms with Crippen LogP contribution in [0.25, 0.3) is 5.65 Å². The van der Waals surface area contributed by atoms with Gasteiger partial charge in [0.15, 0.2) is 5.65 Å². The summed E-state index contributed by atoms with van der Waals surface area (Å²) in [4.78, 5) is 4.23. The summed E-state index contributed by atoms with van der Waals surface area (Å²) in [6.07, 6.45) is 4.86. The number of nitrogens with zero attached hydrogens (tertiary/aromatic N) is 3. The molecule has 0 aliphatic heterocycles. The normalized spacial score (nSPS) is 19.7. The SMILES string of the molecule is CCOc1ccc(Nc2c3ncc(F)n3nc(N)c2[C@H]2CC[C@H](N)CC2)cc1. The monoisotopic (exact) mass is 384 g/mol. The molecule has 4 rings (SSSR count). The number of nitrogens with one attached hydrogen (secondary N) is 1. The highest BCUT2D eigenvalue weighted by Gasteiger charge is 2.27. The van der Waals surface area contributed by atoms with E-state index in [1.807, 2.05) is 31.2 Å². The average Bonchev–Trinajstić information content (AvgIpc) is 3.05. The Bertz CT molecular complexity index is 963. The Morgan fingerprint density at radius 1 is 1.21 bits per heavy atom. The van der Waals surface area contributed by atoms with Crippen molar-refractivity contribution in [3.8, 4) is 5.75 Å². The van der Waals surface area contributed by atoms with Crippen LogP contribution in [0.2, 0.25) is 0 Å². The molecule has 0 radical (unpaired) electrons. The molecule has 2 aromatic heterocycles. The lowest BCUT2D eigenvalue weighted by molar-refractivity contribution is 0.340. The molecular formula is C20H25FN6O. The highest BCUT2D eigenvalue weighted by Crippen LogP contribution is 2.41. The molecule has 148 valence electrons. The van der Waals surface area contributed by atoms with Crippen LogP contribution in [0.3, 0.4) is 0 Å². The minimum atomic E-state index is -0.548. The van der Waals surface area contributed by atoms with Crippen molar-refractivity contribution in [2.24, 2.45) is 5.73 Å². The Morgan fingerprint density at radius 2 is 1.93 bits per heavy atom. The summed E-state index contributed by atoms with van der Waals surface area (Å²) in [5.41, 5.74) is 15.2. The summed E-state index contributed by atoms with van der Waals surface area (Å²) in [7, 11) is 0. The summed E-state index contributed by atoms with van der Waals surface area (Å²) >= 11 is 0. The van der Waals surface area contributed by atoms with E-state index < -0.39 is 5.95 Å². The van der Waals surface area contributed by atoms with E-state index in [-0.39, 0.29) is 12.0 Å². The number of rotatable bonds is 5. The third kappa shape index (κ3) is 3.47. The molecule has 28 heavy (non-hydrogen) atoms. The van der Waals surface area contributed by atoms with Gasteiger partial charge in [0.1, 0.15) is 11.6 Å². The molecule has 1 aromatic carbocycles. The Morgan fingerprint density at radius 3 is 2.61 bits per heavy atom. The van der Waals surface area contributed by atoms with E-state index in [2.05, 4.69) is 15.4 Å². The first kappa shape index (κ1) is 18.5. The molecule has 2 heterocycles. The van der Waals surface area contributed by atoms with Crippen LogP contribution in [-0.2, 0) is 0 Å². The standard InChI is InChI=1S/C20H25FN6O/c1-2-28-15-9-7-14(8-10-15)25-18-17(12-3-5-13(22)6-4-12)19(23)26-27-16(21)11-24-20(18)27/h7-13,25H,2-6,22H2,1H3,(H2,23,26)/t12-,13-. The summed E-state index contributed by atoms with van der Waals surface area (Å²) in [5.74, 6) is 0.773. The first-order valence-electron chi connectivity index (χ1n) is 9.65. The van der Waals surface area contributed by atoms with Crippen molar-refractivity contribution in [2.45, 2.75) is 44.6 Å². The third-order valence-corrected chi connectivity index (χ3v) is 5.29. The number of benzene rings is 1. The minimum absolute atomic E-state index is 0.210. The highest BCUT2D eigenvalue weighted by molar-refractivity contribution is 5.80. The van der Waals surface area contributed by atoms with Crippen LogP contribution in [-0.4, -0.2) is 27.2 Å². The van der Waals surface area contributed by atoms with E-state index in [0.29, 0.717) is 23.8 Å². The van der Waals surface area contributed by atoms with E-state index >= 15 is 0 Å². The van der Waals surface area contributed by atoms with E-state index in [4.69, 9.17) is 16.2 Å². The molecular weight excluding hydrogens is 359 g/mol. The quantitative estimate of drug-likeness (QED) is 0.621. The molecule has 0 amide bonds. The summed E-state index contributed by atoms with van der Waals surface area (Å²) in [5, 5.41) is 7.63. The van der Waals surface area contributed by atoms with Gasteiger partial charge in [-0.15, -0.1) is 5.10 Å². The Kier molecular flexibility index (Phi) is 5.04. The minimum Gasteiger partial charge on any atom is -0.494 e. The number of halogens is 1. The molecule has 0 bridgehead atoms. The maximum atomic E-state index is 14.1. The van der Waals surface area contributed by atoms with Crippen molar-refractivity contribution in [1.82, 2.24) is 14.6 Å². The lowest BCUT2D eigenvalue weighted by Gasteiger charge is -2.28. The van der Waals surface area contributed by atoms with Crippen molar-refractivity contribution in [2.75, 3.05) is 17.7 Å². The Balaban J connectivity index is 1.76. The van der Waals surface area contributed by atoms with Gasteiger partial charge in [-0.05, 0) is 62.8 Å². The lowest BCUT2D eigenvalue weighted by atomic mass is 9.81. The van der Waals surface area contributed by atoms with Crippen LogP contribution in [0.5, 0.6) is 5.75 Å². The molecule has 5 N–H and O–H groups in total. The maximum absolute atomic E-state index is 14.1. The zero-order valence-corrected chi connectivity index (χ0v) is 15.9. The van der Waals surface area contributed by atoms with Crippen LogP contribution in [0.15, 0.2) is 30.5 Å². The Labute approximate surface area is 162 Å². The van der Waals surface area contributed by atoms with Gasteiger partial charge in [-0.1, -0.05) is 0 Å². The molecule has 1 saturated carbocycles. The number of fused-ring (bicyclic) bond motifs is 1. The molecule has 1 fully saturated rings. The number of imidazole rings is 1. The van der Waals surface area contributed by atoms with Crippen molar-refractivity contribution in [3.63, 3.8) is 0 Å². The predicted octanol–water partition coefficient (Wildman–Crippen LogP) is 3.58. The van der Waals surface area contributed by atoms with E-state index in [9.17, 15) is 4.39 Å². The smallest absolute Gasteiger partial charge is 0.234 e. The average molecular weight is 384 g/mol. The van der Waals surface area contributed by atoms with Crippen LogP contribution >= 0.6 is 0 Å². The summed E-state index contributed by atoms with van der Waals surface area (Å²) < 4.78 is 20.8. The number of hydrogen-bond donors (Lipinski definition) is 3. The zero-order valence-electron chi connectivity index (χ0n) is 15.9. The van der Waals surface area contributed by atoms with Crippen LogP contribution in [0.4, 0.5) is 21.6 Å². The lowest BCUT2D eigenvalue weighted by Crippen LogP contribution is -2.26. The van der Waals surface area contributed by atoms with E-state index in [0.717, 1.165) is 53.4 Å².